The molecular formula is C107H126F2N26O12S. The minimum Gasteiger partial charge on any atom is -0.488 e. The van der Waals surface area contributed by atoms with E-state index in [0.717, 1.165) is 345 Å². The van der Waals surface area contributed by atoms with E-state index in [1.54, 1.807) is 91.8 Å². The van der Waals surface area contributed by atoms with Crippen molar-refractivity contribution in [1.82, 2.24) is 84.7 Å². The summed E-state index contributed by atoms with van der Waals surface area (Å²) in [7, 11) is 0. The Morgan fingerprint density at radius 1 is 0.338 bits per heavy atom. The highest BCUT2D eigenvalue weighted by Gasteiger charge is 2.34. The molecule has 5 saturated carbocycles. The molecule has 14 aromatic rings. The van der Waals surface area contributed by atoms with Crippen molar-refractivity contribution in [2.24, 2.45) is 5.92 Å². The van der Waals surface area contributed by atoms with Crippen LogP contribution in [0.25, 0.3) is 55.2 Å². The number of carbonyl (C=O) groups is 1. The first-order valence-electron chi connectivity index (χ1n) is 52.0. The lowest BCUT2D eigenvalue weighted by atomic mass is 9.87. The summed E-state index contributed by atoms with van der Waals surface area (Å²) in [5.74, 6) is 4.04. The average molecular weight is 2040 g/mol. The van der Waals surface area contributed by atoms with Gasteiger partial charge in [0.05, 0.1) is 130 Å². The van der Waals surface area contributed by atoms with Gasteiger partial charge in [-0.2, -0.15) is 18.7 Å². The van der Waals surface area contributed by atoms with Crippen molar-refractivity contribution < 1.29 is 66.1 Å². The predicted octanol–water partition coefficient (Wildman–Crippen LogP) is 16.1. The van der Waals surface area contributed by atoms with Crippen LogP contribution in [0.15, 0.2) is 177 Å². The number of morpholine rings is 5. The summed E-state index contributed by atoms with van der Waals surface area (Å²) in [4.78, 5) is 95.8. The molecule has 10 fully saturated rings. The summed E-state index contributed by atoms with van der Waals surface area (Å²) in [5, 5.41) is 25.7. The number of thiazole rings is 1. The number of hydrogen-bond acceptors (Lipinski definition) is 38. The molecule has 776 valence electrons. The van der Waals surface area contributed by atoms with Crippen LogP contribution in [0.3, 0.4) is 0 Å². The SMILES string of the molecule is C[C@@H]1CN(c2cc(OC3CCC(Nc4ncccn4)CC3)c3nccnc3c2)CCO1.Fc1ccnc(NC2CCC(Oc3cc(N4CCOCC4)cc4nccnc34)CC2)n1.Fc1nccc(NC2CCC(Oc3cc(N4CCOCC4)cc4nccnc34)CC2)n1.O=C(O)C1CCC(Oc2cc(N3CCOCC3)cc3nccnc23)CC1.c1csc(NC2CCC(Oc3cc(N4CCOCC4)cc4nccnc34)CC2)n1. The third-order valence-electron chi connectivity index (χ3n) is 28.5. The molecule has 41 heteroatoms. The van der Waals surface area contributed by atoms with Gasteiger partial charge in [0.15, 0.2) is 5.13 Å². The van der Waals surface area contributed by atoms with Crippen LogP contribution in [0.4, 0.5) is 60.1 Å². The fourth-order valence-corrected chi connectivity index (χ4v) is 21.3. The summed E-state index contributed by atoms with van der Waals surface area (Å²) in [6.45, 7) is 17.3. The van der Waals surface area contributed by atoms with Crippen LogP contribution < -0.4 is 69.5 Å². The van der Waals surface area contributed by atoms with Crippen LogP contribution in [0.1, 0.15) is 135 Å². The number of rotatable bonds is 24. The van der Waals surface area contributed by atoms with Crippen LogP contribution in [0, 0.1) is 17.9 Å². The molecule has 5 aliphatic heterocycles. The van der Waals surface area contributed by atoms with E-state index in [4.69, 9.17) is 52.5 Å². The second-order valence-electron chi connectivity index (χ2n) is 38.6. The standard InChI is InChI=1S/C23H28N6O2.2C22H25FN6O2.C21H25N5O2S.C19H23N3O4/c1-16-15-29(11-12-30-16)18-13-20-22(25-10-9-24-20)21(14-18)31-19-5-3-17(4-6-19)28-23-26-7-2-8-27-23;23-22-26-6-5-20(28-22)27-15-1-3-17(4-2-15)31-19-14-16(29-9-11-30-12-10-29)13-18-21(19)25-8-7-24-18;23-20-5-6-26-22(28-20)27-15-1-3-17(4-2-15)31-19-14-16(29-9-11-30-12-10-29)13-18-21(19)25-8-7-24-18;1-3-17(4-2-15(1)25-21-24-7-12-29-21)28-19-14-16(26-8-10-27-11-9-26)13-18-20(19)23-6-5-22-18;23-19(24)13-1-3-15(4-2-13)26-17-12-14(22-7-9-25-10-8-22)11-16-18(17)21-6-5-20-16/h2,7-10,13-14,16-17,19H,3-6,11-12,15H2,1H3,(H,26,27,28);2*5-8,13-15,17H,1-4,9-12H2,(H,26,27,28);5-7,12-15,17H,1-4,8-11H2,(H,24,25);5-6,11-13,15H,1-4,7-10H2,(H,23,24)/t16-,17?,19?;;;;/m1..../s1. The van der Waals surface area contributed by atoms with E-state index >= 15 is 0 Å². The number of ether oxygens (including phenoxy) is 10. The molecule has 0 unspecified atom stereocenters. The van der Waals surface area contributed by atoms with Gasteiger partial charge in [0.25, 0.3) is 0 Å². The maximum absolute atomic E-state index is 13.3. The molecule has 0 amide bonds. The lowest BCUT2D eigenvalue weighted by molar-refractivity contribution is -0.143. The van der Waals surface area contributed by atoms with E-state index in [1.807, 2.05) is 29.8 Å². The Bertz CT molecular complexity index is 6470. The summed E-state index contributed by atoms with van der Waals surface area (Å²) in [6.07, 6.45) is 43.6. The van der Waals surface area contributed by atoms with Gasteiger partial charge in [0, 0.05) is 253 Å². The highest BCUT2D eigenvalue weighted by Crippen LogP contribution is 2.42. The Balaban J connectivity index is 0.000000112. The molecule has 14 heterocycles. The summed E-state index contributed by atoms with van der Waals surface area (Å²) in [5.41, 5.74) is 13.7. The third-order valence-corrected chi connectivity index (χ3v) is 29.2. The molecule has 148 heavy (non-hydrogen) atoms. The van der Waals surface area contributed by atoms with E-state index < -0.39 is 18.0 Å². The highest BCUT2D eigenvalue weighted by molar-refractivity contribution is 7.13. The smallest absolute Gasteiger partial charge is 0.310 e. The second kappa shape index (κ2) is 50.1. The molecule has 1 atom stereocenters. The van der Waals surface area contributed by atoms with Gasteiger partial charge < -0.3 is 98.2 Å². The van der Waals surface area contributed by atoms with Crippen molar-refractivity contribution in [3.8, 4) is 28.7 Å². The van der Waals surface area contributed by atoms with Crippen LogP contribution in [-0.2, 0) is 28.5 Å². The molecular weight excluding hydrogens is 1910 g/mol. The number of nitrogens with one attached hydrogen (secondary N) is 4. The molecule has 5 aromatic carbocycles. The summed E-state index contributed by atoms with van der Waals surface area (Å²) >= 11 is 1.65. The quantitative estimate of drug-likeness (QED) is 0.0277. The molecule has 10 aliphatic rings. The van der Waals surface area contributed by atoms with E-state index in [1.165, 1.54) is 18.5 Å². The van der Waals surface area contributed by atoms with Gasteiger partial charge in [-0.15, -0.1) is 11.3 Å². The Kier molecular flexibility index (Phi) is 34.3. The topological polar surface area (TPSA) is 413 Å². The van der Waals surface area contributed by atoms with Gasteiger partial charge in [-0.1, -0.05) is 0 Å². The normalized spacial score (nSPS) is 22.8. The number of carboxylic acid groups (broad SMARTS) is 1. The lowest BCUT2D eigenvalue weighted by Gasteiger charge is -2.33. The lowest BCUT2D eigenvalue weighted by Crippen LogP contribution is -2.41. The first-order chi connectivity index (χ1) is 72.8. The minimum atomic E-state index is -0.713. The number of fused-ring (bicyclic) bond motifs is 5. The van der Waals surface area contributed by atoms with E-state index in [9.17, 15) is 13.6 Å². The van der Waals surface area contributed by atoms with E-state index in [2.05, 4.69) is 186 Å². The predicted molar refractivity (Wildman–Crippen MR) is 561 cm³/mol. The number of aromatic nitrogens is 17. The zero-order valence-corrected chi connectivity index (χ0v) is 83.9. The van der Waals surface area contributed by atoms with Crippen molar-refractivity contribution in [1.29, 1.82) is 0 Å². The first-order valence-corrected chi connectivity index (χ1v) is 52.8. The molecule has 0 radical (unpaired) electrons. The van der Waals surface area contributed by atoms with Crippen LogP contribution in [-0.4, -0.2) is 282 Å². The van der Waals surface area contributed by atoms with Crippen molar-refractivity contribution >= 4 is 124 Å². The van der Waals surface area contributed by atoms with Gasteiger partial charge in [0.2, 0.25) is 17.8 Å². The van der Waals surface area contributed by atoms with Gasteiger partial charge in [-0.05, 0) is 178 Å². The molecule has 24 rings (SSSR count). The molecule has 5 aliphatic carbocycles. The Labute approximate surface area is 860 Å². The van der Waals surface area contributed by atoms with Crippen LogP contribution in [0.5, 0.6) is 28.7 Å². The zero-order valence-electron chi connectivity index (χ0n) is 83.1. The number of carboxylic acids is 1. The Hall–Kier alpha value is -14.0. The minimum absolute atomic E-state index is 0.0238. The van der Waals surface area contributed by atoms with Crippen LogP contribution in [0.2, 0.25) is 0 Å². The number of halogens is 2. The summed E-state index contributed by atoms with van der Waals surface area (Å²) in [6, 6.07) is 26.9. The maximum Gasteiger partial charge on any atom is 0.310 e. The molecule has 9 aromatic heterocycles. The van der Waals surface area contributed by atoms with Crippen molar-refractivity contribution in [2.75, 3.05) is 171 Å². The van der Waals surface area contributed by atoms with Crippen molar-refractivity contribution in [3.63, 3.8) is 0 Å². The van der Waals surface area contributed by atoms with Crippen molar-refractivity contribution in [3.05, 3.63) is 189 Å². The first kappa shape index (κ1) is 101. The van der Waals surface area contributed by atoms with Gasteiger partial charge in [-0.25, -0.2) is 49.8 Å². The maximum atomic E-state index is 13.3. The monoisotopic (exact) mass is 2040 g/mol. The van der Waals surface area contributed by atoms with E-state index in [0.29, 0.717) is 55.9 Å². The third kappa shape index (κ3) is 27.3. The van der Waals surface area contributed by atoms with Gasteiger partial charge in [-0.3, -0.25) is 29.7 Å². The van der Waals surface area contributed by atoms with Gasteiger partial charge >= 0.3 is 12.0 Å². The number of nitrogens with zero attached hydrogens (tertiary/aromatic N) is 22. The largest absolute Gasteiger partial charge is 0.488 e. The second-order valence-corrected chi connectivity index (χ2v) is 39.5. The fraction of sp³-hybridized carbons (Fsp3) is 0.477. The number of hydrogen-bond donors (Lipinski definition) is 5. The number of anilines is 9. The highest BCUT2D eigenvalue weighted by atomic mass is 32.1. The van der Waals surface area contributed by atoms with Crippen molar-refractivity contribution in [2.45, 2.75) is 196 Å². The van der Waals surface area contributed by atoms with Crippen LogP contribution >= 0.6 is 11.3 Å². The zero-order chi connectivity index (χ0) is 101. The average Bonchev–Trinajstić information content (AvgIpc) is 0.900. The molecule has 0 bridgehead atoms. The summed E-state index contributed by atoms with van der Waals surface area (Å²) < 4.78 is 86.3. The number of aliphatic carboxylic acids is 1. The Morgan fingerprint density at radius 3 is 1.01 bits per heavy atom. The molecule has 38 nitrogen and oxygen atoms in total. The molecule has 0 spiro atoms. The van der Waals surface area contributed by atoms with E-state index in [-0.39, 0.29) is 54.6 Å². The Morgan fingerprint density at radius 2 is 0.662 bits per heavy atom. The molecule has 5 N–H and O–H groups in total. The fourth-order valence-electron chi connectivity index (χ4n) is 20.7. The van der Waals surface area contributed by atoms with Gasteiger partial charge in [0.1, 0.15) is 62.1 Å². The molecule has 5 saturated heterocycles. The number of benzene rings is 5.